The van der Waals surface area contributed by atoms with Crippen molar-refractivity contribution in [2.24, 2.45) is 0 Å². The van der Waals surface area contributed by atoms with Crippen LogP contribution < -0.4 is 11.1 Å². The maximum absolute atomic E-state index is 11.1. The van der Waals surface area contributed by atoms with Crippen molar-refractivity contribution in [2.45, 2.75) is 20.4 Å². The van der Waals surface area contributed by atoms with E-state index >= 15 is 0 Å². The number of hydrogen-bond acceptors (Lipinski definition) is 4. The van der Waals surface area contributed by atoms with E-state index in [1.54, 1.807) is 6.07 Å². The molecule has 0 aliphatic heterocycles. The number of oxazole rings is 1. The number of hydrogen-bond donors (Lipinski definition) is 2. The molecule has 0 radical (unpaired) electrons. The molecule has 0 bridgehead atoms. The number of anilines is 1. The molecule has 3 rings (SSSR count). The van der Waals surface area contributed by atoms with Crippen LogP contribution in [0.5, 0.6) is 0 Å². The van der Waals surface area contributed by atoms with Crippen LogP contribution in [0, 0.1) is 13.8 Å². The van der Waals surface area contributed by atoms with E-state index in [2.05, 4.69) is 10.3 Å². The van der Waals surface area contributed by atoms with Crippen LogP contribution in [0.2, 0.25) is 0 Å². The third-order valence-corrected chi connectivity index (χ3v) is 3.05. The Morgan fingerprint density at radius 3 is 2.79 bits per heavy atom. The molecule has 2 N–H and O–H groups in total. The van der Waals surface area contributed by atoms with Crippen LogP contribution >= 0.6 is 0 Å². The molecule has 0 aliphatic rings. The van der Waals surface area contributed by atoms with E-state index in [1.807, 2.05) is 32.0 Å². The quantitative estimate of drug-likeness (QED) is 0.757. The highest BCUT2D eigenvalue weighted by Gasteiger charge is 2.05. The molecule has 1 aromatic carbocycles. The van der Waals surface area contributed by atoms with E-state index in [1.165, 1.54) is 0 Å². The molecule has 2 aromatic heterocycles. The van der Waals surface area contributed by atoms with Gasteiger partial charge in [0, 0.05) is 17.8 Å². The molecular formula is C14H14N2O3. The van der Waals surface area contributed by atoms with E-state index in [0.717, 1.165) is 22.8 Å². The van der Waals surface area contributed by atoms with Gasteiger partial charge >= 0.3 is 5.76 Å². The van der Waals surface area contributed by atoms with Crippen molar-refractivity contribution in [3.05, 3.63) is 51.9 Å². The lowest BCUT2D eigenvalue weighted by atomic mass is 10.2. The van der Waals surface area contributed by atoms with Gasteiger partial charge in [0.25, 0.3) is 0 Å². The second kappa shape index (κ2) is 4.35. The number of aromatic nitrogens is 1. The lowest BCUT2D eigenvalue weighted by Gasteiger charge is -2.05. The molecule has 0 amide bonds. The van der Waals surface area contributed by atoms with Gasteiger partial charge in [-0.1, -0.05) is 0 Å². The number of furan rings is 1. The monoisotopic (exact) mass is 258 g/mol. The Kier molecular flexibility index (Phi) is 2.67. The summed E-state index contributed by atoms with van der Waals surface area (Å²) >= 11 is 0. The average molecular weight is 258 g/mol. The van der Waals surface area contributed by atoms with E-state index in [4.69, 9.17) is 8.83 Å². The molecule has 0 unspecified atom stereocenters. The van der Waals surface area contributed by atoms with Crippen LogP contribution in [0.4, 0.5) is 5.69 Å². The lowest BCUT2D eigenvalue weighted by molar-refractivity contribution is 0.501. The Bertz CT molecular complexity index is 779. The minimum Gasteiger partial charge on any atom is -0.466 e. The highest BCUT2D eigenvalue weighted by atomic mass is 16.4. The standard InChI is InChI=1S/C14H14N2O3/c1-8-5-10(9(2)18-8)7-15-11-3-4-13-12(6-11)16-14(17)19-13/h3-6,15H,7H2,1-2H3,(H,16,17). The lowest BCUT2D eigenvalue weighted by Crippen LogP contribution is -1.99. The second-order valence-electron chi connectivity index (χ2n) is 4.52. The second-order valence-corrected chi connectivity index (χ2v) is 4.52. The SMILES string of the molecule is Cc1cc(CNc2ccc3oc(=O)[nH]c3c2)c(C)o1. The van der Waals surface area contributed by atoms with Crippen molar-refractivity contribution in [1.29, 1.82) is 0 Å². The first-order valence-corrected chi connectivity index (χ1v) is 6.04. The number of rotatable bonds is 3. The van der Waals surface area contributed by atoms with Gasteiger partial charge in [0.05, 0.1) is 5.52 Å². The molecule has 0 fully saturated rings. The van der Waals surface area contributed by atoms with Crippen molar-refractivity contribution in [3.63, 3.8) is 0 Å². The van der Waals surface area contributed by atoms with Crippen LogP contribution in [0.1, 0.15) is 17.1 Å². The predicted molar refractivity (Wildman–Crippen MR) is 72.3 cm³/mol. The average Bonchev–Trinajstić information content (AvgIpc) is 2.87. The normalized spacial score (nSPS) is 11.1. The molecule has 98 valence electrons. The van der Waals surface area contributed by atoms with Gasteiger partial charge in [0.15, 0.2) is 5.58 Å². The van der Waals surface area contributed by atoms with E-state index < -0.39 is 5.76 Å². The zero-order chi connectivity index (χ0) is 13.4. The predicted octanol–water partition coefficient (Wildman–Crippen LogP) is 2.94. The summed E-state index contributed by atoms with van der Waals surface area (Å²) in [4.78, 5) is 13.7. The molecule has 0 aliphatic carbocycles. The summed E-state index contributed by atoms with van der Waals surface area (Å²) in [5.41, 5.74) is 3.29. The molecule has 19 heavy (non-hydrogen) atoms. The Balaban J connectivity index is 1.81. The Labute approximate surface area is 109 Å². The van der Waals surface area contributed by atoms with Crippen LogP contribution in [0.3, 0.4) is 0 Å². The summed E-state index contributed by atoms with van der Waals surface area (Å²) in [5.74, 6) is 1.39. The summed E-state index contributed by atoms with van der Waals surface area (Å²) in [7, 11) is 0. The third kappa shape index (κ3) is 2.27. The van der Waals surface area contributed by atoms with E-state index in [-0.39, 0.29) is 0 Å². The maximum Gasteiger partial charge on any atom is 0.417 e. The van der Waals surface area contributed by atoms with Gasteiger partial charge in [-0.25, -0.2) is 4.79 Å². The van der Waals surface area contributed by atoms with Crippen LogP contribution in [-0.4, -0.2) is 4.98 Å². The minimum absolute atomic E-state index is 0.437. The van der Waals surface area contributed by atoms with E-state index in [0.29, 0.717) is 17.6 Å². The molecule has 2 heterocycles. The molecule has 0 atom stereocenters. The summed E-state index contributed by atoms with van der Waals surface area (Å²) in [5, 5.41) is 3.29. The number of nitrogens with one attached hydrogen (secondary N) is 2. The first kappa shape index (κ1) is 11.6. The van der Waals surface area contributed by atoms with Gasteiger partial charge in [-0.2, -0.15) is 0 Å². The number of H-pyrrole nitrogens is 1. The van der Waals surface area contributed by atoms with Gasteiger partial charge in [-0.3, -0.25) is 4.98 Å². The van der Waals surface area contributed by atoms with Gasteiger partial charge < -0.3 is 14.2 Å². The fraction of sp³-hybridized carbons (Fsp3) is 0.214. The third-order valence-electron chi connectivity index (χ3n) is 3.05. The van der Waals surface area contributed by atoms with Crippen LogP contribution in [0.15, 0.2) is 37.9 Å². The Morgan fingerprint density at radius 1 is 1.21 bits per heavy atom. The first-order chi connectivity index (χ1) is 9.11. The van der Waals surface area contributed by atoms with Gasteiger partial charge in [-0.15, -0.1) is 0 Å². The summed E-state index contributed by atoms with van der Waals surface area (Å²) in [6.07, 6.45) is 0. The zero-order valence-electron chi connectivity index (χ0n) is 10.7. The number of aromatic amines is 1. The summed E-state index contributed by atoms with van der Waals surface area (Å²) < 4.78 is 10.4. The minimum atomic E-state index is -0.437. The summed E-state index contributed by atoms with van der Waals surface area (Å²) in [6, 6.07) is 7.51. The summed E-state index contributed by atoms with van der Waals surface area (Å²) in [6.45, 7) is 4.55. The highest BCUT2D eigenvalue weighted by molar-refractivity contribution is 5.76. The van der Waals surface area contributed by atoms with Crippen molar-refractivity contribution >= 4 is 16.8 Å². The number of fused-ring (bicyclic) bond motifs is 1. The molecule has 0 saturated heterocycles. The fourth-order valence-electron chi connectivity index (χ4n) is 2.12. The van der Waals surface area contributed by atoms with Crippen LogP contribution in [-0.2, 0) is 6.54 Å². The largest absolute Gasteiger partial charge is 0.466 e. The molecular weight excluding hydrogens is 244 g/mol. The fourth-order valence-corrected chi connectivity index (χ4v) is 2.12. The van der Waals surface area contributed by atoms with E-state index in [9.17, 15) is 4.79 Å². The van der Waals surface area contributed by atoms with Crippen molar-refractivity contribution in [3.8, 4) is 0 Å². The number of benzene rings is 1. The number of aryl methyl sites for hydroxylation is 2. The van der Waals surface area contributed by atoms with Crippen molar-refractivity contribution in [2.75, 3.05) is 5.32 Å². The Morgan fingerprint density at radius 2 is 2.05 bits per heavy atom. The van der Waals surface area contributed by atoms with Gasteiger partial charge in [-0.05, 0) is 38.1 Å². The van der Waals surface area contributed by atoms with Crippen molar-refractivity contribution in [1.82, 2.24) is 4.98 Å². The molecule has 5 nitrogen and oxygen atoms in total. The van der Waals surface area contributed by atoms with Gasteiger partial charge in [0.1, 0.15) is 11.5 Å². The molecule has 3 aromatic rings. The smallest absolute Gasteiger partial charge is 0.417 e. The maximum atomic E-state index is 11.1. The van der Waals surface area contributed by atoms with Crippen LogP contribution in [0.25, 0.3) is 11.1 Å². The molecule has 5 heteroatoms. The van der Waals surface area contributed by atoms with Gasteiger partial charge in [0.2, 0.25) is 0 Å². The molecule has 0 saturated carbocycles. The van der Waals surface area contributed by atoms with Crippen molar-refractivity contribution < 1.29 is 8.83 Å². The highest BCUT2D eigenvalue weighted by Crippen LogP contribution is 2.19. The Hall–Kier alpha value is -2.43. The zero-order valence-corrected chi connectivity index (χ0v) is 10.7. The molecule has 0 spiro atoms. The first-order valence-electron chi connectivity index (χ1n) is 6.04. The topological polar surface area (TPSA) is 71.2 Å².